The zero-order valence-electron chi connectivity index (χ0n) is 6.48. The van der Waals surface area contributed by atoms with E-state index < -0.39 is 5.97 Å². The fourth-order valence-electron chi connectivity index (χ4n) is 1.09. The number of nitrogens with zero attached hydrogens (tertiary/aromatic N) is 2. The Morgan fingerprint density at radius 1 is 1.54 bits per heavy atom. The summed E-state index contributed by atoms with van der Waals surface area (Å²) in [6.07, 6.45) is 2.66. The highest BCUT2D eigenvalue weighted by Gasteiger charge is 2.12. The summed E-state index contributed by atoms with van der Waals surface area (Å²) in [5.41, 5.74) is 6.25. The summed E-state index contributed by atoms with van der Waals surface area (Å²) in [5.74, 6) is -1.09. The minimum atomic E-state index is -1.09. The number of hydrogen-bond donors (Lipinski definition) is 3. The SMILES string of the molecule is Nc1c(C(=O)O)cnc2[nH]ncc12. The molecule has 0 aliphatic rings. The molecule has 2 rings (SSSR count). The van der Waals surface area contributed by atoms with Crippen LogP contribution in [0.5, 0.6) is 0 Å². The number of H-pyrrole nitrogens is 1. The van der Waals surface area contributed by atoms with Crippen LogP contribution in [0.3, 0.4) is 0 Å². The second kappa shape index (κ2) is 2.44. The van der Waals surface area contributed by atoms with Crippen molar-refractivity contribution in [2.75, 3.05) is 5.73 Å². The summed E-state index contributed by atoms with van der Waals surface area (Å²) in [5, 5.41) is 15.5. The van der Waals surface area contributed by atoms with Crippen LogP contribution in [-0.2, 0) is 0 Å². The van der Waals surface area contributed by atoms with Crippen LogP contribution < -0.4 is 5.73 Å². The first kappa shape index (κ1) is 7.53. The van der Waals surface area contributed by atoms with E-state index >= 15 is 0 Å². The van der Waals surface area contributed by atoms with Crippen molar-refractivity contribution in [1.82, 2.24) is 15.2 Å². The molecule has 0 aliphatic carbocycles. The number of carbonyl (C=O) groups is 1. The number of aromatic nitrogens is 3. The van der Waals surface area contributed by atoms with Gasteiger partial charge in [0, 0.05) is 6.20 Å². The van der Waals surface area contributed by atoms with Crippen molar-refractivity contribution in [3.05, 3.63) is 18.0 Å². The van der Waals surface area contributed by atoms with E-state index in [1.807, 2.05) is 0 Å². The third-order valence-corrected chi connectivity index (χ3v) is 1.75. The Hall–Kier alpha value is -2.11. The van der Waals surface area contributed by atoms with Crippen molar-refractivity contribution < 1.29 is 9.90 Å². The molecule has 0 amide bonds. The highest BCUT2D eigenvalue weighted by Crippen LogP contribution is 2.20. The molecule has 0 aromatic carbocycles. The van der Waals surface area contributed by atoms with Gasteiger partial charge in [-0.3, -0.25) is 5.10 Å². The van der Waals surface area contributed by atoms with Crippen LogP contribution in [0.2, 0.25) is 0 Å². The minimum absolute atomic E-state index is 0.00565. The summed E-state index contributed by atoms with van der Waals surface area (Å²) in [6, 6.07) is 0. The van der Waals surface area contributed by atoms with Crippen molar-refractivity contribution >= 4 is 22.7 Å². The largest absolute Gasteiger partial charge is 0.478 e. The zero-order chi connectivity index (χ0) is 9.42. The lowest BCUT2D eigenvalue weighted by Gasteiger charge is -1.99. The predicted octanol–water partition coefficient (Wildman–Crippen LogP) is 0.238. The van der Waals surface area contributed by atoms with Crippen molar-refractivity contribution in [2.45, 2.75) is 0 Å². The van der Waals surface area contributed by atoms with Gasteiger partial charge in [0.25, 0.3) is 0 Å². The van der Waals surface area contributed by atoms with Crippen molar-refractivity contribution in [3.63, 3.8) is 0 Å². The lowest BCUT2D eigenvalue weighted by Crippen LogP contribution is -2.03. The fourth-order valence-corrected chi connectivity index (χ4v) is 1.09. The maximum atomic E-state index is 10.6. The Labute approximate surface area is 72.4 Å². The average Bonchev–Trinajstić information content (AvgIpc) is 2.52. The lowest BCUT2D eigenvalue weighted by molar-refractivity contribution is 0.0698. The monoisotopic (exact) mass is 178 g/mol. The van der Waals surface area contributed by atoms with Gasteiger partial charge >= 0.3 is 5.97 Å². The highest BCUT2D eigenvalue weighted by atomic mass is 16.4. The van der Waals surface area contributed by atoms with Crippen LogP contribution in [0, 0.1) is 0 Å². The van der Waals surface area contributed by atoms with Gasteiger partial charge in [0.1, 0.15) is 5.56 Å². The third-order valence-electron chi connectivity index (χ3n) is 1.75. The first-order valence-electron chi connectivity index (χ1n) is 3.51. The molecule has 0 saturated heterocycles. The second-order valence-electron chi connectivity index (χ2n) is 2.52. The average molecular weight is 178 g/mol. The number of rotatable bonds is 1. The smallest absolute Gasteiger partial charge is 0.339 e. The van der Waals surface area contributed by atoms with E-state index in [1.165, 1.54) is 12.4 Å². The molecule has 6 nitrogen and oxygen atoms in total. The molecular weight excluding hydrogens is 172 g/mol. The molecule has 0 radical (unpaired) electrons. The molecule has 66 valence electrons. The molecule has 0 spiro atoms. The number of nitrogens with one attached hydrogen (secondary N) is 1. The van der Waals surface area contributed by atoms with E-state index in [2.05, 4.69) is 15.2 Å². The van der Waals surface area contributed by atoms with Gasteiger partial charge in [-0.2, -0.15) is 5.10 Å². The number of hydrogen-bond acceptors (Lipinski definition) is 4. The molecule has 0 saturated carbocycles. The molecule has 2 aromatic heterocycles. The number of carboxylic acid groups (broad SMARTS) is 1. The number of pyridine rings is 1. The van der Waals surface area contributed by atoms with Gasteiger partial charge in [-0.1, -0.05) is 0 Å². The number of aromatic amines is 1. The Morgan fingerprint density at radius 2 is 2.31 bits per heavy atom. The molecule has 0 unspecified atom stereocenters. The van der Waals surface area contributed by atoms with Gasteiger partial charge in [0.05, 0.1) is 17.3 Å². The Morgan fingerprint density at radius 3 is 3.00 bits per heavy atom. The normalized spacial score (nSPS) is 10.5. The first-order valence-corrected chi connectivity index (χ1v) is 3.51. The van der Waals surface area contributed by atoms with Gasteiger partial charge < -0.3 is 10.8 Å². The topological polar surface area (TPSA) is 105 Å². The molecule has 13 heavy (non-hydrogen) atoms. The lowest BCUT2D eigenvalue weighted by atomic mass is 10.2. The number of aromatic carboxylic acids is 1. The number of carboxylic acids is 1. The highest BCUT2D eigenvalue weighted by molar-refractivity contribution is 6.02. The Kier molecular flexibility index (Phi) is 1.42. The van der Waals surface area contributed by atoms with Crippen LogP contribution in [0.4, 0.5) is 5.69 Å². The Balaban J connectivity index is 2.80. The van der Waals surface area contributed by atoms with Crippen LogP contribution >= 0.6 is 0 Å². The van der Waals surface area contributed by atoms with E-state index in [9.17, 15) is 4.79 Å². The van der Waals surface area contributed by atoms with Crippen LogP contribution in [0.1, 0.15) is 10.4 Å². The summed E-state index contributed by atoms with van der Waals surface area (Å²) in [7, 11) is 0. The van der Waals surface area contributed by atoms with Crippen molar-refractivity contribution in [2.24, 2.45) is 0 Å². The molecular formula is C7H6N4O2. The quantitative estimate of drug-likeness (QED) is 0.580. The van der Waals surface area contributed by atoms with Gasteiger partial charge in [0.15, 0.2) is 5.65 Å². The van der Waals surface area contributed by atoms with Crippen LogP contribution in [0.25, 0.3) is 11.0 Å². The first-order chi connectivity index (χ1) is 6.20. The molecule has 0 fully saturated rings. The molecule has 2 aromatic rings. The van der Waals surface area contributed by atoms with E-state index in [-0.39, 0.29) is 11.3 Å². The molecule has 2 heterocycles. The van der Waals surface area contributed by atoms with Gasteiger partial charge in [-0.05, 0) is 0 Å². The van der Waals surface area contributed by atoms with E-state index in [1.54, 1.807) is 0 Å². The van der Waals surface area contributed by atoms with Gasteiger partial charge in [-0.15, -0.1) is 0 Å². The third kappa shape index (κ3) is 0.994. The minimum Gasteiger partial charge on any atom is -0.478 e. The zero-order valence-corrected chi connectivity index (χ0v) is 6.48. The molecule has 4 N–H and O–H groups in total. The van der Waals surface area contributed by atoms with E-state index in [0.717, 1.165) is 0 Å². The molecule has 0 aliphatic heterocycles. The van der Waals surface area contributed by atoms with Gasteiger partial charge in [0.2, 0.25) is 0 Å². The van der Waals surface area contributed by atoms with Crippen molar-refractivity contribution in [1.29, 1.82) is 0 Å². The van der Waals surface area contributed by atoms with Crippen molar-refractivity contribution in [3.8, 4) is 0 Å². The maximum Gasteiger partial charge on any atom is 0.339 e. The molecule has 6 heteroatoms. The predicted molar refractivity (Wildman–Crippen MR) is 45.3 cm³/mol. The number of anilines is 1. The molecule has 0 bridgehead atoms. The number of fused-ring (bicyclic) bond motifs is 1. The summed E-state index contributed by atoms with van der Waals surface area (Å²) in [6.45, 7) is 0. The Bertz CT molecular complexity index is 476. The maximum absolute atomic E-state index is 10.6. The van der Waals surface area contributed by atoms with Crippen LogP contribution in [-0.4, -0.2) is 26.3 Å². The summed E-state index contributed by atoms with van der Waals surface area (Å²) >= 11 is 0. The van der Waals surface area contributed by atoms with Crippen LogP contribution in [0.15, 0.2) is 12.4 Å². The summed E-state index contributed by atoms with van der Waals surface area (Å²) in [4.78, 5) is 14.5. The number of nitrogen functional groups attached to an aromatic ring is 1. The second-order valence-corrected chi connectivity index (χ2v) is 2.52. The molecule has 0 atom stereocenters. The van der Waals surface area contributed by atoms with Gasteiger partial charge in [-0.25, -0.2) is 9.78 Å². The standard InChI is InChI=1S/C7H6N4O2/c8-5-3-2-10-11-6(3)9-1-4(5)7(12)13/h1-2H,(H,12,13)(H3,8,9,10,11). The van der Waals surface area contributed by atoms with E-state index in [4.69, 9.17) is 10.8 Å². The number of nitrogens with two attached hydrogens (primary N) is 1. The summed E-state index contributed by atoms with van der Waals surface area (Å²) < 4.78 is 0. The fraction of sp³-hybridized carbons (Fsp3) is 0. The van der Waals surface area contributed by atoms with E-state index in [0.29, 0.717) is 11.0 Å².